The second kappa shape index (κ2) is 8.82. The van der Waals surface area contributed by atoms with E-state index in [-0.39, 0.29) is 18.5 Å². The standard InChI is InChI=1S/C23H25F3N8O/c1-3-17-21(35)34-9-4-5-16-19(34)20(32(17)2)30-22(29-16)28-12-14-6-7-15(27-11-14)13-33-10-8-18(31-33)23(24,25)26/h6-8,10-11,17H,3-5,9,12-13H2,1-2H3,(H,28,29,30)/t17-/m0/s1. The molecule has 0 radical (unpaired) electrons. The number of anilines is 3. The molecule has 0 saturated heterocycles. The third kappa shape index (κ3) is 4.40. The van der Waals surface area contributed by atoms with E-state index in [9.17, 15) is 18.0 Å². The van der Waals surface area contributed by atoms with Crippen LogP contribution in [0.5, 0.6) is 0 Å². The van der Waals surface area contributed by atoms with Crippen molar-refractivity contribution in [2.75, 3.05) is 28.7 Å². The first-order chi connectivity index (χ1) is 16.7. The number of carbonyl (C=O) groups excluding carboxylic acids is 1. The fourth-order valence-electron chi connectivity index (χ4n) is 4.54. The summed E-state index contributed by atoms with van der Waals surface area (Å²) in [6.45, 7) is 3.25. The van der Waals surface area contributed by atoms with Crippen molar-refractivity contribution in [3.8, 4) is 0 Å². The second-order valence-electron chi connectivity index (χ2n) is 8.70. The molecule has 1 amide bonds. The van der Waals surface area contributed by atoms with Crippen molar-refractivity contribution in [3.63, 3.8) is 0 Å². The van der Waals surface area contributed by atoms with Crippen LogP contribution in [0.1, 0.15) is 42.4 Å². The van der Waals surface area contributed by atoms with Gasteiger partial charge in [-0.1, -0.05) is 13.0 Å². The van der Waals surface area contributed by atoms with Crippen LogP contribution in [0.25, 0.3) is 0 Å². The van der Waals surface area contributed by atoms with Gasteiger partial charge in [-0.15, -0.1) is 0 Å². The van der Waals surface area contributed by atoms with E-state index in [1.54, 1.807) is 12.3 Å². The minimum Gasteiger partial charge on any atom is -0.350 e. The van der Waals surface area contributed by atoms with E-state index in [1.165, 1.54) is 10.9 Å². The molecule has 0 saturated carbocycles. The summed E-state index contributed by atoms with van der Waals surface area (Å²) in [6, 6.07) is 4.31. The molecule has 3 aromatic heterocycles. The number of amides is 1. The Hall–Kier alpha value is -3.70. The van der Waals surface area contributed by atoms with Gasteiger partial charge in [0.25, 0.3) is 0 Å². The van der Waals surface area contributed by atoms with Crippen molar-refractivity contribution >= 4 is 23.4 Å². The normalized spacial score (nSPS) is 17.5. The van der Waals surface area contributed by atoms with Crippen molar-refractivity contribution in [1.29, 1.82) is 0 Å². The van der Waals surface area contributed by atoms with Gasteiger partial charge in [-0.3, -0.25) is 14.5 Å². The predicted molar refractivity (Wildman–Crippen MR) is 123 cm³/mol. The van der Waals surface area contributed by atoms with E-state index >= 15 is 0 Å². The quantitative estimate of drug-likeness (QED) is 0.572. The van der Waals surface area contributed by atoms with Crippen LogP contribution in [0.2, 0.25) is 0 Å². The molecular weight excluding hydrogens is 461 g/mol. The van der Waals surface area contributed by atoms with Crippen molar-refractivity contribution in [1.82, 2.24) is 24.7 Å². The molecule has 0 spiro atoms. The molecule has 35 heavy (non-hydrogen) atoms. The van der Waals surface area contributed by atoms with Crippen molar-refractivity contribution in [2.24, 2.45) is 0 Å². The number of nitrogens with one attached hydrogen (secondary N) is 1. The summed E-state index contributed by atoms with van der Waals surface area (Å²) in [7, 11) is 1.89. The molecule has 0 unspecified atom stereocenters. The lowest BCUT2D eigenvalue weighted by atomic mass is 10.0. The Balaban J connectivity index is 1.28. The van der Waals surface area contributed by atoms with Crippen molar-refractivity contribution in [3.05, 3.63) is 53.2 Å². The van der Waals surface area contributed by atoms with Gasteiger partial charge in [-0.05, 0) is 37.0 Å². The average Bonchev–Trinajstić information content (AvgIpc) is 3.31. The fourth-order valence-corrected chi connectivity index (χ4v) is 4.54. The number of rotatable bonds is 6. The van der Waals surface area contributed by atoms with Gasteiger partial charge in [0.1, 0.15) is 11.7 Å². The number of aromatic nitrogens is 5. The van der Waals surface area contributed by atoms with Crippen LogP contribution in [0, 0.1) is 0 Å². The largest absolute Gasteiger partial charge is 0.435 e. The predicted octanol–water partition coefficient (Wildman–Crippen LogP) is 3.25. The average molecular weight is 487 g/mol. The molecule has 5 rings (SSSR count). The molecule has 0 aliphatic carbocycles. The Kier molecular flexibility index (Phi) is 5.81. The van der Waals surface area contributed by atoms with Gasteiger partial charge >= 0.3 is 6.18 Å². The van der Waals surface area contributed by atoms with Crippen LogP contribution in [0.4, 0.5) is 30.6 Å². The Morgan fingerprint density at radius 3 is 2.71 bits per heavy atom. The fraction of sp³-hybridized carbons (Fsp3) is 0.435. The topological polar surface area (TPSA) is 92.1 Å². The maximum atomic E-state index is 12.9. The number of hydrogen-bond acceptors (Lipinski definition) is 7. The van der Waals surface area contributed by atoms with Gasteiger partial charge in [-0.25, -0.2) is 4.98 Å². The van der Waals surface area contributed by atoms with Crippen LogP contribution in [-0.4, -0.2) is 50.3 Å². The maximum absolute atomic E-state index is 12.9. The Morgan fingerprint density at radius 1 is 1.20 bits per heavy atom. The third-order valence-electron chi connectivity index (χ3n) is 6.33. The first-order valence-corrected chi connectivity index (χ1v) is 11.5. The molecule has 0 fully saturated rings. The summed E-state index contributed by atoms with van der Waals surface area (Å²) < 4.78 is 39.4. The molecular formula is C23H25F3N8O. The minimum atomic E-state index is -4.47. The summed E-state index contributed by atoms with van der Waals surface area (Å²) in [5, 5.41) is 6.80. The molecule has 1 atom stereocenters. The number of carbonyl (C=O) groups is 1. The summed E-state index contributed by atoms with van der Waals surface area (Å²) in [5.74, 6) is 1.34. The molecule has 9 nitrogen and oxygen atoms in total. The summed E-state index contributed by atoms with van der Waals surface area (Å²) in [6.07, 6.45) is 0.828. The molecule has 0 bridgehead atoms. The lowest BCUT2D eigenvalue weighted by molar-refractivity contribution is -0.141. The van der Waals surface area contributed by atoms with E-state index in [0.717, 1.165) is 41.7 Å². The van der Waals surface area contributed by atoms with Crippen molar-refractivity contribution in [2.45, 2.75) is 51.5 Å². The highest BCUT2D eigenvalue weighted by Gasteiger charge is 2.40. The molecule has 2 aliphatic heterocycles. The lowest BCUT2D eigenvalue weighted by Crippen LogP contribution is -2.54. The number of alkyl halides is 3. The van der Waals surface area contributed by atoms with E-state index < -0.39 is 11.9 Å². The number of nitrogens with zero attached hydrogens (tertiary/aromatic N) is 7. The number of halogens is 3. The van der Waals surface area contributed by atoms with E-state index in [2.05, 4.69) is 20.4 Å². The van der Waals surface area contributed by atoms with E-state index in [4.69, 9.17) is 4.98 Å². The first-order valence-electron chi connectivity index (χ1n) is 11.5. The number of pyridine rings is 1. The number of likely N-dealkylation sites (N-methyl/N-ethyl adjacent to an activating group) is 1. The molecule has 3 aromatic rings. The SMILES string of the molecule is CC[C@H]1C(=O)N2CCCc3nc(NCc4ccc(Cn5ccc(C(F)(F)F)n5)nc4)nc(c32)N1C. The Morgan fingerprint density at radius 2 is 2.03 bits per heavy atom. The van der Waals surface area contributed by atoms with Gasteiger partial charge in [0, 0.05) is 32.5 Å². The highest BCUT2D eigenvalue weighted by molar-refractivity contribution is 6.05. The number of hydrogen-bond donors (Lipinski definition) is 1. The van der Waals surface area contributed by atoms with Gasteiger partial charge in [0.15, 0.2) is 11.5 Å². The highest BCUT2D eigenvalue weighted by atomic mass is 19.4. The Labute approximate surface area is 200 Å². The molecule has 184 valence electrons. The molecule has 12 heteroatoms. The van der Waals surface area contributed by atoms with Gasteiger partial charge in [0.2, 0.25) is 11.9 Å². The lowest BCUT2D eigenvalue weighted by Gasteiger charge is -2.42. The summed E-state index contributed by atoms with van der Waals surface area (Å²) >= 11 is 0. The van der Waals surface area contributed by atoms with Crippen molar-refractivity contribution < 1.29 is 18.0 Å². The molecule has 5 heterocycles. The zero-order valence-electron chi connectivity index (χ0n) is 19.4. The first kappa shape index (κ1) is 23.1. The van der Waals surface area contributed by atoms with Gasteiger partial charge < -0.3 is 15.1 Å². The third-order valence-corrected chi connectivity index (χ3v) is 6.33. The van der Waals surface area contributed by atoms with E-state index in [0.29, 0.717) is 31.2 Å². The highest BCUT2D eigenvalue weighted by Crippen LogP contribution is 2.40. The smallest absolute Gasteiger partial charge is 0.350 e. The van der Waals surface area contributed by atoms with Gasteiger partial charge in [-0.2, -0.15) is 23.3 Å². The Bertz CT molecular complexity index is 1240. The number of aryl methyl sites for hydroxylation is 1. The zero-order chi connectivity index (χ0) is 24.7. The van der Waals surface area contributed by atoms with Crippen LogP contribution in [-0.2, 0) is 30.5 Å². The summed E-state index contributed by atoms with van der Waals surface area (Å²) in [4.78, 5) is 30.4. The summed E-state index contributed by atoms with van der Waals surface area (Å²) in [5.41, 5.74) is 2.22. The minimum absolute atomic E-state index is 0.101. The van der Waals surface area contributed by atoms with E-state index in [1.807, 2.05) is 29.8 Å². The van der Waals surface area contributed by atoms with Crippen LogP contribution < -0.4 is 15.1 Å². The molecule has 0 aromatic carbocycles. The molecule has 2 aliphatic rings. The maximum Gasteiger partial charge on any atom is 0.435 e. The van der Waals surface area contributed by atoms with Crippen LogP contribution in [0.3, 0.4) is 0 Å². The van der Waals surface area contributed by atoms with Crippen LogP contribution >= 0.6 is 0 Å². The molecule has 1 N–H and O–H groups in total. The van der Waals surface area contributed by atoms with Crippen LogP contribution in [0.15, 0.2) is 30.6 Å². The zero-order valence-corrected chi connectivity index (χ0v) is 19.4. The van der Waals surface area contributed by atoms with Gasteiger partial charge in [0.05, 0.1) is 17.9 Å². The second-order valence-corrected chi connectivity index (χ2v) is 8.70. The monoisotopic (exact) mass is 486 g/mol.